The normalized spacial score (nSPS) is 6.14. The van der Waals surface area contributed by atoms with Crippen molar-refractivity contribution in [1.29, 1.82) is 0 Å². The summed E-state index contributed by atoms with van der Waals surface area (Å²) >= 11 is 0. The number of halogens is 1. The second-order valence-electron chi connectivity index (χ2n) is 1.73. The molecular weight excluding hydrogens is 467 g/mol. The molecule has 22 heteroatoms. The minimum atomic E-state index is -2.17. The first kappa shape index (κ1) is 43.7. The molecule has 0 rings (SSSR count). The molecule has 0 aliphatic heterocycles. The van der Waals surface area contributed by atoms with Crippen molar-refractivity contribution in [3.8, 4) is 0 Å². The third-order valence-electron chi connectivity index (χ3n) is 0. The van der Waals surface area contributed by atoms with E-state index in [4.69, 9.17) is 75.4 Å². The predicted octanol–water partition coefficient (Wildman–Crippen LogP) is -10.8. The summed E-state index contributed by atoms with van der Waals surface area (Å²) in [5.74, 6) is 0. The Kier molecular flexibility index (Phi) is 76.1. The minimum absolute atomic E-state index is 0. The fourth-order valence-electron chi connectivity index (χ4n) is 0. The first-order chi connectivity index (χ1) is 8.66. The average molecular weight is 485 g/mol. The molecule has 0 fully saturated rings. The van der Waals surface area contributed by atoms with Gasteiger partial charge in [-0.2, -0.15) is 0 Å². The van der Waals surface area contributed by atoms with Crippen molar-refractivity contribution in [3.05, 3.63) is 0 Å². The third-order valence-corrected chi connectivity index (χ3v) is 0. The average Bonchev–Trinajstić information content (AvgIpc) is 1.94. The fraction of sp³-hybridized carbons (Fsp3) is 0. The van der Waals surface area contributed by atoms with Crippen molar-refractivity contribution >= 4 is 97.9 Å². The molecular formula is H18B5BaClO15. The molecule has 0 bridgehead atoms. The molecule has 0 saturated carbocycles. The van der Waals surface area contributed by atoms with E-state index < -0.39 is 36.6 Å². The monoisotopic (exact) mass is 486 g/mol. The molecule has 0 aliphatic rings. The second-order valence-corrected chi connectivity index (χ2v) is 1.73. The summed E-state index contributed by atoms with van der Waals surface area (Å²) in [7, 11) is -10.8. The Bertz CT molecular complexity index is 86.5. The van der Waals surface area contributed by atoms with Gasteiger partial charge >= 0.3 is 85.5 Å². The summed E-state index contributed by atoms with van der Waals surface area (Å²) < 4.78 is 0. The molecule has 0 aromatic heterocycles. The first-order valence-electron chi connectivity index (χ1n) is 3.87. The van der Waals surface area contributed by atoms with Crippen LogP contribution in [-0.4, -0.2) is 161 Å². The second kappa shape index (κ2) is 38.3. The summed E-state index contributed by atoms with van der Waals surface area (Å²) in [5.41, 5.74) is 0. The van der Waals surface area contributed by atoms with Crippen LogP contribution in [0.15, 0.2) is 0 Å². The van der Waals surface area contributed by atoms with Crippen molar-refractivity contribution in [1.82, 2.24) is 0 Å². The van der Waals surface area contributed by atoms with Crippen LogP contribution in [0.4, 0.5) is 0 Å². The molecule has 15 N–H and O–H groups in total. The van der Waals surface area contributed by atoms with Gasteiger partial charge in [0, 0.05) is 0 Å². The SMILES string of the molecule is Cl.OB(O)O.OB(O)O.OB(O)O.OB(O)O.OB(O)O.[BaH2]. The maximum atomic E-state index is 7.17. The van der Waals surface area contributed by atoms with E-state index in [-0.39, 0.29) is 61.3 Å². The van der Waals surface area contributed by atoms with Crippen LogP contribution in [-0.2, 0) is 0 Å². The molecule has 132 valence electrons. The van der Waals surface area contributed by atoms with Gasteiger partial charge in [-0.05, 0) is 0 Å². The van der Waals surface area contributed by atoms with Gasteiger partial charge in [0.15, 0.2) is 0 Å². The van der Waals surface area contributed by atoms with Gasteiger partial charge in [0.2, 0.25) is 0 Å². The summed E-state index contributed by atoms with van der Waals surface area (Å²) in [6.45, 7) is 0. The Morgan fingerprint density at radius 2 is 0.273 bits per heavy atom. The van der Waals surface area contributed by atoms with E-state index in [0.29, 0.717) is 0 Å². The third kappa shape index (κ3) is 3640. The molecule has 0 amide bonds. The number of hydrogen-bond donors (Lipinski definition) is 15. The van der Waals surface area contributed by atoms with Gasteiger partial charge < -0.3 is 75.4 Å². The van der Waals surface area contributed by atoms with E-state index >= 15 is 0 Å². The quantitative estimate of drug-likeness (QED) is 0.142. The van der Waals surface area contributed by atoms with Crippen LogP contribution in [0.2, 0.25) is 0 Å². The molecule has 0 saturated heterocycles. The molecule has 0 atom stereocenters. The molecule has 0 aromatic rings. The van der Waals surface area contributed by atoms with Gasteiger partial charge in [-0.1, -0.05) is 0 Å². The Balaban J connectivity index is -0.0000000250. The summed E-state index contributed by atoms with van der Waals surface area (Å²) in [4.78, 5) is 0. The van der Waals surface area contributed by atoms with Crippen molar-refractivity contribution in [3.63, 3.8) is 0 Å². The Labute approximate surface area is 172 Å². The van der Waals surface area contributed by atoms with Crippen molar-refractivity contribution < 1.29 is 75.4 Å². The maximum absolute atomic E-state index is 7.17. The summed E-state index contributed by atoms with van der Waals surface area (Å²) in [6.07, 6.45) is 0. The van der Waals surface area contributed by atoms with E-state index in [1.54, 1.807) is 0 Å². The van der Waals surface area contributed by atoms with Crippen molar-refractivity contribution in [2.24, 2.45) is 0 Å². The zero-order valence-corrected chi connectivity index (χ0v) is 10.8. The van der Waals surface area contributed by atoms with Gasteiger partial charge in [-0.3, -0.25) is 0 Å². The standard InChI is InChI=1S/5BH3O3.Ba.ClH.2H/c5*2-1(3)4;;;;/h5*2-4H;;1H;;. The van der Waals surface area contributed by atoms with Crippen LogP contribution in [0, 0.1) is 0 Å². The van der Waals surface area contributed by atoms with E-state index in [2.05, 4.69) is 0 Å². The molecule has 0 unspecified atom stereocenters. The summed E-state index contributed by atoms with van der Waals surface area (Å²) in [6, 6.07) is 0. The van der Waals surface area contributed by atoms with Crippen molar-refractivity contribution in [2.45, 2.75) is 0 Å². The van der Waals surface area contributed by atoms with Gasteiger partial charge in [-0.25, -0.2) is 0 Å². The van der Waals surface area contributed by atoms with Crippen molar-refractivity contribution in [2.75, 3.05) is 0 Å². The van der Waals surface area contributed by atoms with E-state index in [0.717, 1.165) is 0 Å². The molecule has 0 spiro atoms. The van der Waals surface area contributed by atoms with Crippen LogP contribution >= 0.6 is 12.4 Å². The molecule has 0 heterocycles. The van der Waals surface area contributed by atoms with E-state index in [1.165, 1.54) is 0 Å². The van der Waals surface area contributed by atoms with Crippen LogP contribution in [0.5, 0.6) is 0 Å². The molecule has 0 aromatic carbocycles. The predicted molar refractivity (Wildman–Crippen MR) is 77.8 cm³/mol. The number of rotatable bonds is 0. The Morgan fingerprint density at radius 1 is 0.273 bits per heavy atom. The first-order valence-corrected chi connectivity index (χ1v) is 3.87. The Hall–Kier alpha value is 1.59. The summed E-state index contributed by atoms with van der Waals surface area (Å²) in [5, 5.41) is 108. The fourth-order valence-corrected chi connectivity index (χ4v) is 0. The zero-order chi connectivity index (χ0) is 17.9. The molecule has 0 aliphatic carbocycles. The van der Waals surface area contributed by atoms with E-state index in [9.17, 15) is 0 Å². The molecule has 0 radical (unpaired) electrons. The van der Waals surface area contributed by atoms with Crippen LogP contribution in [0.1, 0.15) is 0 Å². The van der Waals surface area contributed by atoms with E-state index in [1.807, 2.05) is 0 Å². The van der Waals surface area contributed by atoms with Gasteiger partial charge in [-0.15, -0.1) is 12.4 Å². The Morgan fingerprint density at radius 3 is 0.273 bits per heavy atom. The van der Waals surface area contributed by atoms with Gasteiger partial charge in [0.25, 0.3) is 0 Å². The molecule has 15 nitrogen and oxygen atoms in total. The van der Waals surface area contributed by atoms with Crippen LogP contribution in [0.3, 0.4) is 0 Å². The number of hydrogen-bond acceptors (Lipinski definition) is 15. The zero-order valence-electron chi connectivity index (χ0n) is 10.0. The topological polar surface area (TPSA) is 303 Å². The van der Waals surface area contributed by atoms with Crippen LogP contribution < -0.4 is 0 Å². The van der Waals surface area contributed by atoms with Gasteiger partial charge in [0.05, 0.1) is 0 Å². The van der Waals surface area contributed by atoms with Crippen LogP contribution in [0.25, 0.3) is 0 Å². The molecule has 22 heavy (non-hydrogen) atoms. The van der Waals surface area contributed by atoms with Gasteiger partial charge in [0.1, 0.15) is 0 Å².